The lowest BCUT2D eigenvalue weighted by atomic mass is 10.1. The first-order valence-electron chi connectivity index (χ1n) is 7.36. The number of carboxylic acid groups (broad SMARTS) is 1. The molecule has 5 nitrogen and oxygen atoms in total. The smallest absolute Gasteiger partial charge is 0.335 e. The summed E-state index contributed by atoms with van der Waals surface area (Å²) >= 11 is 6.08. The molecule has 24 heavy (non-hydrogen) atoms. The van der Waals surface area contributed by atoms with Gasteiger partial charge in [0.05, 0.1) is 17.7 Å². The van der Waals surface area contributed by atoms with Crippen molar-refractivity contribution in [2.45, 2.75) is 13.8 Å². The van der Waals surface area contributed by atoms with E-state index in [1.165, 1.54) is 24.8 Å². The van der Waals surface area contributed by atoms with Crippen LogP contribution in [0, 0.1) is 13.8 Å². The Labute approximate surface area is 145 Å². The molecule has 0 aliphatic rings. The molecule has 0 spiro atoms. The predicted molar refractivity (Wildman–Crippen MR) is 91.9 cm³/mol. The van der Waals surface area contributed by atoms with Crippen molar-refractivity contribution in [3.63, 3.8) is 0 Å². The number of hydrogen-bond donors (Lipinski definition) is 1. The number of halogens is 1. The fourth-order valence-electron chi connectivity index (χ4n) is 2.09. The van der Waals surface area contributed by atoms with Crippen LogP contribution in [-0.4, -0.2) is 31.4 Å². The van der Waals surface area contributed by atoms with Gasteiger partial charge in [-0.2, -0.15) is 0 Å². The average molecular weight is 351 g/mol. The molecule has 0 aliphatic carbocycles. The van der Waals surface area contributed by atoms with Crippen molar-refractivity contribution in [3.8, 4) is 17.2 Å². The summed E-state index contributed by atoms with van der Waals surface area (Å²) in [6.07, 6.45) is 0. The lowest BCUT2D eigenvalue weighted by molar-refractivity contribution is 0.0696. The minimum absolute atomic E-state index is 0.0376. The van der Waals surface area contributed by atoms with E-state index in [0.29, 0.717) is 12.4 Å². The van der Waals surface area contributed by atoms with E-state index in [1.54, 1.807) is 0 Å². The van der Waals surface area contributed by atoms with Gasteiger partial charge in [-0.05, 0) is 49.2 Å². The van der Waals surface area contributed by atoms with E-state index in [9.17, 15) is 4.79 Å². The number of carbonyl (C=O) groups is 1. The van der Waals surface area contributed by atoms with Gasteiger partial charge in [0.2, 0.25) is 0 Å². The van der Waals surface area contributed by atoms with Crippen LogP contribution in [0.25, 0.3) is 0 Å². The van der Waals surface area contributed by atoms with E-state index in [1.807, 2.05) is 32.0 Å². The molecule has 128 valence electrons. The van der Waals surface area contributed by atoms with Crippen molar-refractivity contribution in [2.75, 3.05) is 20.3 Å². The maximum Gasteiger partial charge on any atom is 0.335 e. The highest BCUT2D eigenvalue weighted by molar-refractivity contribution is 6.32. The maximum atomic E-state index is 11.0. The van der Waals surface area contributed by atoms with Gasteiger partial charge in [-0.3, -0.25) is 0 Å². The largest absolute Gasteiger partial charge is 0.493 e. The first-order chi connectivity index (χ1) is 11.4. The molecule has 0 atom stereocenters. The molecular weight excluding hydrogens is 332 g/mol. The lowest BCUT2D eigenvalue weighted by Gasteiger charge is -2.14. The lowest BCUT2D eigenvalue weighted by Crippen LogP contribution is -2.10. The third kappa shape index (κ3) is 4.32. The topological polar surface area (TPSA) is 65.0 Å². The Morgan fingerprint density at radius 3 is 2.42 bits per heavy atom. The molecule has 0 heterocycles. The van der Waals surface area contributed by atoms with Gasteiger partial charge in [0.25, 0.3) is 0 Å². The van der Waals surface area contributed by atoms with Crippen LogP contribution < -0.4 is 14.2 Å². The maximum absolute atomic E-state index is 11.0. The van der Waals surface area contributed by atoms with E-state index < -0.39 is 5.97 Å². The first-order valence-corrected chi connectivity index (χ1v) is 7.74. The highest BCUT2D eigenvalue weighted by atomic mass is 35.5. The SMILES string of the molecule is COc1cc(C(=O)O)cc(Cl)c1OCCOc1ccc(C)c(C)c1. The molecule has 0 aromatic heterocycles. The van der Waals surface area contributed by atoms with Gasteiger partial charge >= 0.3 is 5.97 Å². The van der Waals surface area contributed by atoms with Crippen molar-refractivity contribution < 1.29 is 24.1 Å². The summed E-state index contributed by atoms with van der Waals surface area (Å²) < 4.78 is 16.4. The molecule has 0 aliphatic heterocycles. The zero-order chi connectivity index (χ0) is 17.7. The normalized spacial score (nSPS) is 10.3. The summed E-state index contributed by atoms with van der Waals surface area (Å²) in [5, 5.41) is 9.21. The number of methoxy groups -OCH3 is 1. The van der Waals surface area contributed by atoms with Crippen molar-refractivity contribution in [1.29, 1.82) is 0 Å². The highest BCUT2D eigenvalue weighted by Crippen LogP contribution is 2.36. The second-order valence-electron chi connectivity index (χ2n) is 5.24. The quantitative estimate of drug-likeness (QED) is 0.761. The fraction of sp³-hybridized carbons (Fsp3) is 0.278. The van der Waals surface area contributed by atoms with E-state index in [2.05, 4.69) is 0 Å². The van der Waals surface area contributed by atoms with Crippen molar-refractivity contribution in [3.05, 3.63) is 52.0 Å². The molecule has 0 amide bonds. The van der Waals surface area contributed by atoms with E-state index in [0.717, 1.165) is 11.3 Å². The molecule has 0 radical (unpaired) electrons. The molecule has 0 unspecified atom stereocenters. The molecule has 2 aromatic rings. The average Bonchev–Trinajstić information content (AvgIpc) is 2.55. The summed E-state index contributed by atoms with van der Waals surface area (Å²) in [6, 6.07) is 8.55. The Balaban J connectivity index is 1.99. The Morgan fingerprint density at radius 2 is 1.79 bits per heavy atom. The monoisotopic (exact) mass is 350 g/mol. The summed E-state index contributed by atoms with van der Waals surface area (Å²) in [6.45, 7) is 4.63. The Bertz CT molecular complexity index is 742. The van der Waals surface area contributed by atoms with Crippen LogP contribution in [0.4, 0.5) is 0 Å². The second kappa shape index (κ2) is 7.93. The van der Waals surface area contributed by atoms with E-state index >= 15 is 0 Å². The van der Waals surface area contributed by atoms with Gasteiger partial charge in [0.1, 0.15) is 19.0 Å². The third-order valence-corrected chi connectivity index (χ3v) is 3.83. The third-order valence-electron chi connectivity index (χ3n) is 3.55. The number of aryl methyl sites for hydroxylation is 2. The molecule has 0 saturated carbocycles. The Morgan fingerprint density at radius 1 is 1.08 bits per heavy atom. The Kier molecular flexibility index (Phi) is 5.93. The molecule has 6 heteroatoms. The van der Waals surface area contributed by atoms with Crippen LogP contribution in [0.1, 0.15) is 21.5 Å². The Hall–Kier alpha value is -2.40. The van der Waals surface area contributed by atoms with Crippen LogP contribution in [-0.2, 0) is 0 Å². The summed E-state index contributed by atoms with van der Waals surface area (Å²) in [5.41, 5.74) is 2.40. The molecule has 2 rings (SSSR count). The summed E-state index contributed by atoms with van der Waals surface area (Å²) in [5.74, 6) is 0.250. The van der Waals surface area contributed by atoms with Gasteiger partial charge in [-0.1, -0.05) is 17.7 Å². The zero-order valence-electron chi connectivity index (χ0n) is 13.8. The van der Waals surface area contributed by atoms with Crippen molar-refractivity contribution >= 4 is 17.6 Å². The van der Waals surface area contributed by atoms with Crippen LogP contribution >= 0.6 is 11.6 Å². The minimum Gasteiger partial charge on any atom is -0.493 e. The summed E-state index contributed by atoms with van der Waals surface area (Å²) in [4.78, 5) is 11.0. The molecule has 0 bridgehead atoms. The molecule has 0 saturated heterocycles. The highest BCUT2D eigenvalue weighted by Gasteiger charge is 2.15. The van der Waals surface area contributed by atoms with E-state index in [4.69, 9.17) is 30.9 Å². The van der Waals surface area contributed by atoms with Crippen LogP contribution in [0.2, 0.25) is 5.02 Å². The van der Waals surface area contributed by atoms with Gasteiger partial charge in [0, 0.05) is 0 Å². The number of ether oxygens (including phenoxy) is 3. The van der Waals surface area contributed by atoms with Gasteiger partial charge in [-0.25, -0.2) is 4.79 Å². The van der Waals surface area contributed by atoms with Crippen LogP contribution in [0.5, 0.6) is 17.2 Å². The molecule has 2 aromatic carbocycles. The van der Waals surface area contributed by atoms with Crippen molar-refractivity contribution in [1.82, 2.24) is 0 Å². The molecule has 0 fully saturated rings. The van der Waals surface area contributed by atoms with Gasteiger partial charge < -0.3 is 19.3 Å². The summed E-state index contributed by atoms with van der Waals surface area (Å²) in [7, 11) is 1.43. The second-order valence-corrected chi connectivity index (χ2v) is 5.64. The number of hydrogen-bond acceptors (Lipinski definition) is 4. The number of aromatic carboxylic acids is 1. The van der Waals surface area contributed by atoms with Crippen LogP contribution in [0.15, 0.2) is 30.3 Å². The molecular formula is C18H19ClO5. The predicted octanol–water partition coefficient (Wildman–Crippen LogP) is 4.12. The van der Waals surface area contributed by atoms with Gasteiger partial charge in [-0.15, -0.1) is 0 Å². The number of rotatable bonds is 7. The standard InChI is InChI=1S/C18H19ClO5/c1-11-4-5-14(8-12(11)2)23-6-7-24-17-15(19)9-13(18(20)21)10-16(17)22-3/h4-5,8-10H,6-7H2,1-3H3,(H,20,21). The fourth-order valence-corrected chi connectivity index (χ4v) is 2.36. The number of benzene rings is 2. The van der Waals surface area contributed by atoms with Crippen molar-refractivity contribution in [2.24, 2.45) is 0 Å². The first kappa shape index (κ1) is 17.9. The molecule has 1 N–H and O–H groups in total. The van der Waals surface area contributed by atoms with Gasteiger partial charge in [0.15, 0.2) is 11.5 Å². The zero-order valence-corrected chi connectivity index (χ0v) is 14.5. The van der Waals surface area contributed by atoms with E-state index in [-0.39, 0.29) is 22.9 Å². The van der Waals surface area contributed by atoms with Crippen LogP contribution in [0.3, 0.4) is 0 Å². The minimum atomic E-state index is -1.08. The number of carboxylic acids is 1.